The Kier molecular flexibility index (Phi) is 4.36. The van der Waals surface area contributed by atoms with Gasteiger partial charge in [-0.2, -0.15) is 0 Å². The normalized spacial score (nSPS) is 11.0. The Balaban J connectivity index is 2.57. The number of aromatic nitrogens is 1. The molecule has 2 rings (SSSR count). The molecule has 0 aliphatic carbocycles. The summed E-state index contributed by atoms with van der Waals surface area (Å²) in [5.41, 5.74) is 6.41. The van der Waals surface area contributed by atoms with Gasteiger partial charge in [0.25, 0.3) is 0 Å². The standard InChI is InChI=1S/C18H23N/c1-5-15(6-2)16-8-7-13(3)11-17(16)18-12-14(4)9-10-19-18/h7-12,15H,5-6H2,1-4H3. The highest BCUT2D eigenvalue weighted by molar-refractivity contribution is 5.66. The van der Waals surface area contributed by atoms with Gasteiger partial charge in [0.15, 0.2) is 0 Å². The molecular formula is C18H23N. The molecule has 0 spiro atoms. The van der Waals surface area contributed by atoms with Crippen LogP contribution in [-0.4, -0.2) is 4.98 Å². The van der Waals surface area contributed by atoms with Crippen molar-refractivity contribution in [3.05, 3.63) is 53.2 Å². The Morgan fingerprint density at radius 1 is 0.947 bits per heavy atom. The maximum absolute atomic E-state index is 4.56. The molecular weight excluding hydrogens is 230 g/mol. The first-order valence-corrected chi connectivity index (χ1v) is 7.19. The van der Waals surface area contributed by atoms with Crippen molar-refractivity contribution in [2.45, 2.75) is 46.5 Å². The summed E-state index contributed by atoms with van der Waals surface area (Å²) in [5, 5.41) is 0. The summed E-state index contributed by atoms with van der Waals surface area (Å²) in [4.78, 5) is 4.56. The topological polar surface area (TPSA) is 12.9 Å². The van der Waals surface area contributed by atoms with Gasteiger partial charge in [-0.15, -0.1) is 0 Å². The molecule has 1 aromatic heterocycles. The van der Waals surface area contributed by atoms with Crippen molar-refractivity contribution in [3.8, 4) is 11.3 Å². The van der Waals surface area contributed by atoms with Crippen LogP contribution in [0.5, 0.6) is 0 Å². The van der Waals surface area contributed by atoms with Crippen molar-refractivity contribution < 1.29 is 0 Å². The van der Waals surface area contributed by atoms with E-state index < -0.39 is 0 Å². The fourth-order valence-electron chi connectivity index (χ4n) is 2.66. The summed E-state index contributed by atoms with van der Waals surface area (Å²) in [5.74, 6) is 0.623. The van der Waals surface area contributed by atoms with E-state index in [2.05, 4.69) is 63.0 Å². The van der Waals surface area contributed by atoms with E-state index >= 15 is 0 Å². The molecule has 0 atom stereocenters. The van der Waals surface area contributed by atoms with Crippen LogP contribution in [0.15, 0.2) is 36.5 Å². The first-order valence-electron chi connectivity index (χ1n) is 7.19. The van der Waals surface area contributed by atoms with Gasteiger partial charge in [0.05, 0.1) is 5.69 Å². The predicted molar refractivity (Wildman–Crippen MR) is 82.5 cm³/mol. The van der Waals surface area contributed by atoms with Crippen LogP contribution in [0.25, 0.3) is 11.3 Å². The van der Waals surface area contributed by atoms with E-state index in [0.29, 0.717) is 5.92 Å². The van der Waals surface area contributed by atoms with E-state index in [0.717, 1.165) is 5.69 Å². The van der Waals surface area contributed by atoms with Crippen LogP contribution in [0.3, 0.4) is 0 Å². The largest absolute Gasteiger partial charge is 0.256 e. The smallest absolute Gasteiger partial charge is 0.0707 e. The fraction of sp³-hybridized carbons (Fsp3) is 0.389. The van der Waals surface area contributed by atoms with Crippen molar-refractivity contribution in [1.29, 1.82) is 0 Å². The second kappa shape index (κ2) is 6.01. The SMILES string of the molecule is CCC(CC)c1ccc(C)cc1-c1cc(C)ccn1. The summed E-state index contributed by atoms with van der Waals surface area (Å²) in [6.45, 7) is 8.80. The number of aryl methyl sites for hydroxylation is 2. The number of rotatable bonds is 4. The molecule has 1 heteroatoms. The van der Waals surface area contributed by atoms with Crippen LogP contribution < -0.4 is 0 Å². The fourth-order valence-corrected chi connectivity index (χ4v) is 2.66. The number of hydrogen-bond acceptors (Lipinski definition) is 1. The average molecular weight is 253 g/mol. The van der Waals surface area contributed by atoms with Crippen molar-refractivity contribution in [3.63, 3.8) is 0 Å². The molecule has 0 unspecified atom stereocenters. The number of pyridine rings is 1. The van der Waals surface area contributed by atoms with Crippen molar-refractivity contribution >= 4 is 0 Å². The van der Waals surface area contributed by atoms with Crippen LogP contribution in [0, 0.1) is 13.8 Å². The summed E-state index contributed by atoms with van der Waals surface area (Å²) in [6.07, 6.45) is 4.26. The first kappa shape index (κ1) is 13.8. The van der Waals surface area contributed by atoms with E-state index in [-0.39, 0.29) is 0 Å². The maximum Gasteiger partial charge on any atom is 0.0707 e. The van der Waals surface area contributed by atoms with Crippen molar-refractivity contribution in [2.24, 2.45) is 0 Å². The third-order valence-electron chi connectivity index (χ3n) is 3.83. The molecule has 0 amide bonds. The summed E-state index contributed by atoms with van der Waals surface area (Å²) in [6, 6.07) is 11.0. The lowest BCUT2D eigenvalue weighted by Crippen LogP contribution is -2.00. The van der Waals surface area contributed by atoms with Crippen LogP contribution in [0.4, 0.5) is 0 Å². The third-order valence-corrected chi connectivity index (χ3v) is 3.83. The van der Waals surface area contributed by atoms with E-state index in [1.165, 1.54) is 35.1 Å². The molecule has 0 N–H and O–H groups in total. The van der Waals surface area contributed by atoms with Gasteiger partial charge >= 0.3 is 0 Å². The van der Waals surface area contributed by atoms with Gasteiger partial charge in [-0.3, -0.25) is 4.98 Å². The zero-order valence-corrected chi connectivity index (χ0v) is 12.4. The highest BCUT2D eigenvalue weighted by atomic mass is 14.7. The van der Waals surface area contributed by atoms with Crippen LogP contribution in [0.1, 0.15) is 49.3 Å². The molecule has 0 aliphatic heterocycles. The molecule has 1 aromatic carbocycles. The van der Waals surface area contributed by atoms with Crippen LogP contribution in [0.2, 0.25) is 0 Å². The van der Waals surface area contributed by atoms with E-state index in [9.17, 15) is 0 Å². The minimum absolute atomic E-state index is 0.623. The number of nitrogens with zero attached hydrogens (tertiary/aromatic N) is 1. The van der Waals surface area contributed by atoms with E-state index in [1.807, 2.05) is 6.20 Å². The molecule has 0 saturated carbocycles. The van der Waals surface area contributed by atoms with Gasteiger partial charge in [-0.25, -0.2) is 0 Å². The second-order valence-electron chi connectivity index (χ2n) is 5.32. The lowest BCUT2D eigenvalue weighted by molar-refractivity contribution is 0.643. The molecule has 0 fully saturated rings. The molecule has 1 nitrogen and oxygen atoms in total. The Labute approximate surface area is 116 Å². The Bertz CT molecular complexity index is 553. The van der Waals surface area contributed by atoms with E-state index in [1.54, 1.807) is 0 Å². The molecule has 0 saturated heterocycles. The highest BCUT2D eigenvalue weighted by Crippen LogP contribution is 2.33. The Morgan fingerprint density at radius 2 is 1.63 bits per heavy atom. The molecule has 1 heterocycles. The molecule has 0 aliphatic rings. The van der Waals surface area contributed by atoms with Crippen LogP contribution in [-0.2, 0) is 0 Å². The van der Waals surface area contributed by atoms with Crippen LogP contribution >= 0.6 is 0 Å². The molecule has 100 valence electrons. The maximum atomic E-state index is 4.56. The molecule has 0 radical (unpaired) electrons. The minimum atomic E-state index is 0.623. The number of benzene rings is 1. The number of hydrogen-bond donors (Lipinski definition) is 0. The lowest BCUT2D eigenvalue weighted by atomic mass is 9.87. The monoisotopic (exact) mass is 253 g/mol. The molecule has 2 aromatic rings. The Hall–Kier alpha value is -1.63. The lowest BCUT2D eigenvalue weighted by Gasteiger charge is -2.18. The summed E-state index contributed by atoms with van der Waals surface area (Å²) in [7, 11) is 0. The van der Waals surface area contributed by atoms with Gasteiger partial charge in [-0.1, -0.05) is 31.5 Å². The van der Waals surface area contributed by atoms with E-state index in [4.69, 9.17) is 0 Å². The predicted octanol–water partition coefficient (Wildman–Crippen LogP) is 5.27. The molecule has 0 bridgehead atoms. The highest BCUT2D eigenvalue weighted by Gasteiger charge is 2.14. The summed E-state index contributed by atoms with van der Waals surface area (Å²) < 4.78 is 0. The van der Waals surface area contributed by atoms with Gasteiger partial charge in [0, 0.05) is 11.8 Å². The van der Waals surface area contributed by atoms with Gasteiger partial charge in [0.2, 0.25) is 0 Å². The van der Waals surface area contributed by atoms with Gasteiger partial charge < -0.3 is 0 Å². The Morgan fingerprint density at radius 3 is 2.26 bits per heavy atom. The zero-order chi connectivity index (χ0) is 13.8. The zero-order valence-electron chi connectivity index (χ0n) is 12.4. The van der Waals surface area contributed by atoms with Gasteiger partial charge in [-0.05, 0) is 61.9 Å². The first-order chi connectivity index (χ1) is 9.15. The summed E-state index contributed by atoms with van der Waals surface area (Å²) >= 11 is 0. The third kappa shape index (κ3) is 3.04. The molecule has 19 heavy (non-hydrogen) atoms. The van der Waals surface area contributed by atoms with Crippen molar-refractivity contribution in [1.82, 2.24) is 4.98 Å². The quantitative estimate of drug-likeness (QED) is 0.723. The second-order valence-corrected chi connectivity index (χ2v) is 5.32. The minimum Gasteiger partial charge on any atom is -0.256 e. The average Bonchev–Trinajstić information content (AvgIpc) is 2.41. The van der Waals surface area contributed by atoms with Gasteiger partial charge in [0.1, 0.15) is 0 Å². The van der Waals surface area contributed by atoms with Crippen molar-refractivity contribution in [2.75, 3.05) is 0 Å².